The van der Waals surface area contributed by atoms with Gasteiger partial charge in [-0.3, -0.25) is 14.9 Å². The molecule has 2 N–H and O–H groups in total. The average Bonchev–Trinajstić information content (AvgIpc) is 2.91. The molecule has 1 aliphatic carbocycles. The average molecular weight is 278 g/mol. The van der Waals surface area contributed by atoms with Gasteiger partial charge in [-0.15, -0.1) is 0 Å². The highest BCUT2D eigenvalue weighted by molar-refractivity contribution is 5.98. The summed E-state index contributed by atoms with van der Waals surface area (Å²) < 4.78 is 0. The van der Waals surface area contributed by atoms with Gasteiger partial charge in [-0.1, -0.05) is 12.8 Å². The van der Waals surface area contributed by atoms with Crippen LogP contribution in [0.5, 0.6) is 0 Å². The summed E-state index contributed by atoms with van der Waals surface area (Å²) in [6.07, 6.45) is 5.18. The van der Waals surface area contributed by atoms with Gasteiger partial charge in [0.05, 0.1) is 4.92 Å². The molecule has 1 aromatic rings. The maximum absolute atomic E-state index is 12.2. The lowest BCUT2D eigenvalue weighted by Crippen LogP contribution is -2.33. The molecule has 0 unspecified atom stereocenters. The topological polar surface area (TPSA) is 97.2 Å². The molecule has 0 atom stereocenters. The van der Waals surface area contributed by atoms with E-state index in [1.165, 1.54) is 6.07 Å². The predicted molar refractivity (Wildman–Crippen MR) is 74.8 cm³/mol. The third kappa shape index (κ3) is 3.23. The molecular formula is C13H18N4O3. The zero-order valence-electron chi connectivity index (χ0n) is 11.4. The van der Waals surface area contributed by atoms with Crippen LogP contribution in [0.25, 0.3) is 0 Å². The molecule has 7 heteroatoms. The molecule has 1 aromatic heterocycles. The fraction of sp³-hybridized carbons (Fsp3) is 0.538. The van der Waals surface area contributed by atoms with Crippen LogP contribution in [0.3, 0.4) is 0 Å². The van der Waals surface area contributed by atoms with Crippen molar-refractivity contribution < 1.29 is 9.72 Å². The Morgan fingerprint density at radius 2 is 2.20 bits per heavy atom. The monoisotopic (exact) mass is 278 g/mol. The van der Waals surface area contributed by atoms with Crippen LogP contribution in [-0.2, 0) is 0 Å². The number of aromatic nitrogens is 1. The summed E-state index contributed by atoms with van der Waals surface area (Å²) in [5, 5.41) is 16.8. The van der Waals surface area contributed by atoms with Crippen LogP contribution in [0.1, 0.15) is 43.0 Å². The Morgan fingerprint density at radius 3 is 2.80 bits per heavy atom. The SMILES string of the molecule is CCNc1cc(C(=O)NC2CCCC2)c([N+](=O)[O-])cn1. The Labute approximate surface area is 116 Å². The van der Waals surface area contributed by atoms with Crippen molar-refractivity contribution in [2.75, 3.05) is 11.9 Å². The van der Waals surface area contributed by atoms with E-state index < -0.39 is 10.8 Å². The summed E-state index contributed by atoms with van der Waals surface area (Å²) in [5.41, 5.74) is -0.199. The van der Waals surface area contributed by atoms with Crippen LogP contribution in [0.4, 0.5) is 11.5 Å². The Bertz CT molecular complexity index is 512. The number of carbonyl (C=O) groups is 1. The number of nitro groups is 1. The van der Waals surface area contributed by atoms with Crippen molar-refractivity contribution in [1.29, 1.82) is 0 Å². The molecule has 1 fully saturated rings. The minimum absolute atomic E-state index is 0.0628. The number of hydrogen-bond donors (Lipinski definition) is 2. The lowest BCUT2D eigenvalue weighted by molar-refractivity contribution is -0.385. The number of amides is 1. The largest absolute Gasteiger partial charge is 0.370 e. The second-order valence-electron chi connectivity index (χ2n) is 4.83. The van der Waals surface area contributed by atoms with Crippen LogP contribution < -0.4 is 10.6 Å². The fourth-order valence-corrected chi connectivity index (χ4v) is 2.39. The second kappa shape index (κ2) is 6.31. The van der Waals surface area contributed by atoms with E-state index in [1.54, 1.807) is 0 Å². The second-order valence-corrected chi connectivity index (χ2v) is 4.83. The van der Waals surface area contributed by atoms with Crippen LogP contribution in [0, 0.1) is 10.1 Å². The van der Waals surface area contributed by atoms with Crippen molar-refractivity contribution >= 4 is 17.4 Å². The lowest BCUT2D eigenvalue weighted by atomic mass is 10.1. The Balaban J connectivity index is 2.23. The van der Waals surface area contributed by atoms with Crippen molar-refractivity contribution in [3.63, 3.8) is 0 Å². The molecule has 7 nitrogen and oxygen atoms in total. The molecule has 0 radical (unpaired) electrons. The van der Waals surface area contributed by atoms with Gasteiger partial charge in [-0.25, -0.2) is 4.98 Å². The maximum Gasteiger partial charge on any atom is 0.300 e. The van der Waals surface area contributed by atoms with E-state index in [1.807, 2.05) is 6.92 Å². The highest BCUT2D eigenvalue weighted by Gasteiger charge is 2.24. The summed E-state index contributed by atoms with van der Waals surface area (Å²) in [5.74, 6) is 0.0693. The van der Waals surface area contributed by atoms with E-state index in [-0.39, 0.29) is 17.3 Å². The lowest BCUT2D eigenvalue weighted by Gasteiger charge is -2.12. The Morgan fingerprint density at radius 1 is 1.50 bits per heavy atom. The summed E-state index contributed by atoms with van der Waals surface area (Å²) in [4.78, 5) is 26.6. The van der Waals surface area contributed by atoms with Crippen molar-refractivity contribution in [2.45, 2.75) is 38.6 Å². The molecule has 20 heavy (non-hydrogen) atoms. The maximum atomic E-state index is 12.2. The summed E-state index contributed by atoms with van der Waals surface area (Å²) in [6.45, 7) is 2.52. The summed E-state index contributed by atoms with van der Waals surface area (Å²) in [6, 6.07) is 1.56. The molecule has 1 heterocycles. The first-order valence-electron chi connectivity index (χ1n) is 6.81. The Hall–Kier alpha value is -2.18. The normalized spacial score (nSPS) is 15.1. The van der Waals surface area contributed by atoms with E-state index >= 15 is 0 Å². The molecule has 0 bridgehead atoms. The minimum Gasteiger partial charge on any atom is -0.370 e. The predicted octanol–water partition coefficient (Wildman–Crippen LogP) is 2.09. The van der Waals surface area contributed by atoms with Gasteiger partial charge in [0.1, 0.15) is 17.6 Å². The molecule has 1 amide bonds. The molecule has 2 rings (SSSR count). The van der Waals surface area contributed by atoms with Gasteiger partial charge in [-0.05, 0) is 19.8 Å². The number of hydrogen-bond acceptors (Lipinski definition) is 5. The molecule has 0 aliphatic heterocycles. The molecule has 0 saturated heterocycles. The zero-order chi connectivity index (χ0) is 14.5. The number of carbonyl (C=O) groups excluding carboxylic acids is 1. The molecule has 1 aliphatic rings. The van der Waals surface area contributed by atoms with Crippen molar-refractivity contribution in [2.24, 2.45) is 0 Å². The van der Waals surface area contributed by atoms with Gasteiger partial charge < -0.3 is 10.6 Å². The highest BCUT2D eigenvalue weighted by Crippen LogP contribution is 2.22. The number of nitrogens with one attached hydrogen (secondary N) is 2. The van der Waals surface area contributed by atoms with Gasteiger partial charge in [0.25, 0.3) is 11.6 Å². The quantitative estimate of drug-likeness (QED) is 0.635. The van der Waals surface area contributed by atoms with Gasteiger partial charge in [0.15, 0.2) is 0 Å². The van der Waals surface area contributed by atoms with Gasteiger partial charge >= 0.3 is 0 Å². The molecule has 0 aromatic carbocycles. The van der Waals surface area contributed by atoms with E-state index in [4.69, 9.17) is 0 Å². The van der Waals surface area contributed by atoms with Crippen LogP contribution in [0.2, 0.25) is 0 Å². The number of anilines is 1. The number of nitrogens with zero attached hydrogens (tertiary/aromatic N) is 2. The van der Waals surface area contributed by atoms with Crippen LogP contribution >= 0.6 is 0 Å². The number of pyridine rings is 1. The third-order valence-electron chi connectivity index (χ3n) is 3.37. The molecule has 1 saturated carbocycles. The molecular weight excluding hydrogens is 260 g/mol. The van der Waals surface area contributed by atoms with Crippen molar-refractivity contribution in [3.8, 4) is 0 Å². The van der Waals surface area contributed by atoms with Gasteiger partial charge in [0, 0.05) is 18.7 Å². The van der Waals surface area contributed by atoms with E-state index in [9.17, 15) is 14.9 Å². The van der Waals surface area contributed by atoms with E-state index in [0.29, 0.717) is 12.4 Å². The van der Waals surface area contributed by atoms with Gasteiger partial charge in [-0.2, -0.15) is 0 Å². The molecule has 108 valence electrons. The minimum atomic E-state index is -0.577. The van der Waals surface area contributed by atoms with E-state index in [2.05, 4.69) is 15.6 Å². The zero-order valence-corrected chi connectivity index (χ0v) is 11.4. The van der Waals surface area contributed by atoms with Crippen LogP contribution in [0.15, 0.2) is 12.3 Å². The standard InChI is InChI=1S/C13H18N4O3/c1-2-14-12-7-10(11(8-15-12)17(19)20)13(18)16-9-5-3-4-6-9/h7-9H,2-6H2,1H3,(H,14,15)(H,16,18). The Kier molecular flexibility index (Phi) is 4.49. The fourth-order valence-electron chi connectivity index (χ4n) is 2.39. The van der Waals surface area contributed by atoms with Crippen molar-refractivity contribution in [1.82, 2.24) is 10.3 Å². The highest BCUT2D eigenvalue weighted by atomic mass is 16.6. The van der Waals surface area contributed by atoms with Crippen molar-refractivity contribution in [3.05, 3.63) is 27.9 Å². The molecule has 0 spiro atoms. The first kappa shape index (κ1) is 14.2. The first-order chi connectivity index (χ1) is 9.61. The van der Waals surface area contributed by atoms with E-state index in [0.717, 1.165) is 31.9 Å². The summed E-state index contributed by atoms with van der Waals surface area (Å²) >= 11 is 0. The smallest absolute Gasteiger partial charge is 0.300 e. The number of rotatable bonds is 5. The van der Waals surface area contributed by atoms with Crippen LogP contribution in [-0.4, -0.2) is 28.4 Å². The third-order valence-corrected chi connectivity index (χ3v) is 3.37. The van der Waals surface area contributed by atoms with Gasteiger partial charge in [0.2, 0.25) is 0 Å². The first-order valence-corrected chi connectivity index (χ1v) is 6.81. The summed E-state index contributed by atoms with van der Waals surface area (Å²) in [7, 11) is 0.